The summed E-state index contributed by atoms with van der Waals surface area (Å²) in [5, 5.41) is 0. The highest BCUT2D eigenvalue weighted by Gasteiger charge is 2.30. The number of unbranched alkanes of at least 4 members (excludes halogenated alkanes) is 1. The number of rotatable bonds is 4. The quantitative estimate of drug-likeness (QED) is 0.601. The van der Waals surface area contributed by atoms with Crippen LogP contribution in [-0.4, -0.2) is 38.0 Å². The van der Waals surface area contributed by atoms with Gasteiger partial charge in [-0.15, -0.1) is 0 Å². The zero-order chi connectivity index (χ0) is 20.2. The molecule has 2 fully saturated rings. The third-order valence-electron chi connectivity index (χ3n) is 4.54. The van der Waals surface area contributed by atoms with Crippen molar-refractivity contribution in [1.29, 1.82) is 0 Å². The summed E-state index contributed by atoms with van der Waals surface area (Å²) in [6.07, 6.45) is 5.15. The van der Waals surface area contributed by atoms with Crippen molar-refractivity contribution >= 4 is 0 Å². The van der Waals surface area contributed by atoms with E-state index in [1.54, 1.807) is 0 Å². The van der Waals surface area contributed by atoms with Crippen molar-refractivity contribution in [2.45, 2.75) is 99.6 Å². The lowest BCUT2D eigenvalue weighted by atomic mass is 9.90. The normalized spacial score (nSPS) is 23.9. The molecule has 0 aliphatic carbocycles. The molecule has 0 N–H and O–H groups in total. The van der Waals surface area contributed by atoms with Crippen LogP contribution in [-0.2, 0) is 18.9 Å². The Morgan fingerprint density at radius 1 is 0.808 bits per heavy atom. The molecule has 158 valence electrons. The molecule has 2 heterocycles. The van der Waals surface area contributed by atoms with Gasteiger partial charge < -0.3 is 18.9 Å². The van der Waals surface area contributed by atoms with E-state index >= 15 is 0 Å². The molecular formula is C22H46O4. The SMILES string of the molecule is CC1COC(C)(C)OC1.CCC.CCCCC(C)C1COC(C)(C)OC1. The zero-order valence-corrected chi connectivity index (χ0v) is 19.0. The van der Waals surface area contributed by atoms with E-state index in [-0.39, 0.29) is 11.6 Å². The standard InChI is InChI=1S/C12H24O2.C7H14O2.C3H8/c1-5-6-7-10(2)11-8-13-12(3,4)14-9-11;1-6-4-8-7(2,3)9-5-6;1-3-2/h10-11H,5-9H2,1-4H3;6H,4-5H2,1-3H3;3H2,1-2H3. The van der Waals surface area contributed by atoms with Crippen LogP contribution in [0.4, 0.5) is 0 Å². The Balaban J connectivity index is 0.000000446. The first kappa shape index (κ1) is 25.8. The molecule has 2 saturated heterocycles. The Labute approximate surface area is 163 Å². The van der Waals surface area contributed by atoms with Crippen molar-refractivity contribution in [3.8, 4) is 0 Å². The molecular weight excluding hydrogens is 328 g/mol. The highest BCUT2D eigenvalue weighted by molar-refractivity contribution is 4.72. The molecule has 0 aromatic carbocycles. The molecule has 2 aliphatic heterocycles. The van der Waals surface area contributed by atoms with Crippen LogP contribution in [0.5, 0.6) is 0 Å². The van der Waals surface area contributed by atoms with Crippen molar-refractivity contribution in [3.05, 3.63) is 0 Å². The van der Waals surface area contributed by atoms with Gasteiger partial charge in [0.25, 0.3) is 0 Å². The van der Waals surface area contributed by atoms with Crippen LogP contribution in [0.1, 0.15) is 88.0 Å². The fourth-order valence-electron chi connectivity index (χ4n) is 2.57. The molecule has 1 atom stereocenters. The Morgan fingerprint density at radius 2 is 1.19 bits per heavy atom. The first-order valence-corrected chi connectivity index (χ1v) is 10.6. The van der Waals surface area contributed by atoms with E-state index in [4.69, 9.17) is 18.9 Å². The lowest BCUT2D eigenvalue weighted by Crippen LogP contribution is -2.41. The molecule has 0 spiro atoms. The second kappa shape index (κ2) is 13.1. The molecule has 1 unspecified atom stereocenters. The molecule has 4 nitrogen and oxygen atoms in total. The van der Waals surface area contributed by atoms with Crippen LogP contribution in [0, 0.1) is 17.8 Å². The Hall–Kier alpha value is -0.160. The number of ether oxygens (including phenoxy) is 4. The first-order chi connectivity index (χ1) is 12.1. The van der Waals surface area contributed by atoms with Gasteiger partial charge in [0.05, 0.1) is 26.4 Å². The molecule has 0 aromatic rings. The summed E-state index contributed by atoms with van der Waals surface area (Å²) >= 11 is 0. The summed E-state index contributed by atoms with van der Waals surface area (Å²) in [6, 6.07) is 0. The van der Waals surface area contributed by atoms with Crippen LogP contribution >= 0.6 is 0 Å². The average Bonchev–Trinajstić information content (AvgIpc) is 2.57. The van der Waals surface area contributed by atoms with Gasteiger partial charge in [-0.05, 0) is 33.6 Å². The van der Waals surface area contributed by atoms with Crippen LogP contribution in [0.3, 0.4) is 0 Å². The second-order valence-electron chi connectivity index (χ2n) is 8.74. The molecule has 26 heavy (non-hydrogen) atoms. The molecule has 2 rings (SSSR count). The summed E-state index contributed by atoms with van der Waals surface area (Å²) in [4.78, 5) is 0. The highest BCUT2D eigenvalue weighted by Crippen LogP contribution is 2.27. The summed E-state index contributed by atoms with van der Waals surface area (Å²) in [6.45, 7) is 22.2. The monoisotopic (exact) mass is 374 g/mol. The van der Waals surface area contributed by atoms with Crippen LogP contribution < -0.4 is 0 Å². The van der Waals surface area contributed by atoms with Crippen molar-refractivity contribution in [2.75, 3.05) is 26.4 Å². The topological polar surface area (TPSA) is 36.9 Å². The summed E-state index contributed by atoms with van der Waals surface area (Å²) in [7, 11) is 0. The van der Waals surface area contributed by atoms with Gasteiger partial charge in [-0.2, -0.15) is 0 Å². The van der Waals surface area contributed by atoms with Crippen molar-refractivity contribution in [1.82, 2.24) is 0 Å². The maximum Gasteiger partial charge on any atom is 0.162 e. The van der Waals surface area contributed by atoms with E-state index in [2.05, 4.69) is 34.6 Å². The predicted molar refractivity (Wildman–Crippen MR) is 109 cm³/mol. The summed E-state index contributed by atoms with van der Waals surface area (Å²) < 4.78 is 22.0. The third-order valence-corrected chi connectivity index (χ3v) is 4.54. The fraction of sp³-hybridized carbons (Fsp3) is 1.00. The number of hydrogen-bond donors (Lipinski definition) is 0. The van der Waals surface area contributed by atoms with Crippen molar-refractivity contribution < 1.29 is 18.9 Å². The predicted octanol–water partition coefficient (Wildman–Crippen LogP) is 6.03. The molecule has 0 bridgehead atoms. The van der Waals surface area contributed by atoms with Crippen LogP contribution in [0.25, 0.3) is 0 Å². The highest BCUT2D eigenvalue weighted by atomic mass is 16.7. The van der Waals surface area contributed by atoms with E-state index in [9.17, 15) is 0 Å². The molecule has 0 aromatic heterocycles. The molecule has 2 aliphatic rings. The van der Waals surface area contributed by atoms with Gasteiger partial charge in [-0.25, -0.2) is 0 Å². The molecule has 0 radical (unpaired) electrons. The van der Waals surface area contributed by atoms with Crippen LogP contribution in [0.2, 0.25) is 0 Å². The molecule has 0 amide bonds. The van der Waals surface area contributed by atoms with E-state index in [0.29, 0.717) is 11.8 Å². The first-order valence-electron chi connectivity index (χ1n) is 10.6. The van der Waals surface area contributed by atoms with Crippen molar-refractivity contribution in [2.24, 2.45) is 17.8 Å². The van der Waals surface area contributed by atoms with Gasteiger partial charge in [0.1, 0.15) is 0 Å². The smallest absolute Gasteiger partial charge is 0.162 e. The Kier molecular flexibility index (Phi) is 13.0. The van der Waals surface area contributed by atoms with Crippen LogP contribution in [0.15, 0.2) is 0 Å². The zero-order valence-electron chi connectivity index (χ0n) is 19.0. The third kappa shape index (κ3) is 12.3. The minimum atomic E-state index is -0.360. The minimum absolute atomic E-state index is 0.341. The van der Waals surface area contributed by atoms with E-state index in [0.717, 1.165) is 32.3 Å². The molecule has 4 heteroatoms. The summed E-state index contributed by atoms with van der Waals surface area (Å²) in [5.74, 6) is 1.17. The lowest BCUT2D eigenvalue weighted by Gasteiger charge is -2.37. The van der Waals surface area contributed by atoms with Gasteiger partial charge in [-0.1, -0.05) is 60.3 Å². The number of hydrogen-bond acceptors (Lipinski definition) is 4. The average molecular weight is 375 g/mol. The second-order valence-corrected chi connectivity index (χ2v) is 8.74. The fourth-order valence-corrected chi connectivity index (χ4v) is 2.57. The lowest BCUT2D eigenvalue weighted by molar-refractivity contribution is -0.267. The molecule has 0 saturated carbocycles. The van der Waals surface area contributed by atoms with E-state index in [1.807, 2.05) is 27.7 Å². The Morgan fingerprint density at radius 3 is 1.54 bits per heavy atom. The van der Waals surface area contributed by atoms with Gasteiger partial charge in [-0.3, -0.25) is 0 Å². The van der Waals surface area contributed by atoms with Crippen molar-refractivity contribution in [3.63, 3.8) is 0 Å². The van der Waals surface area contributed by atoms with Gasteiger partial charge in [0, 0.05) is 11.8 Å². The van der Waals surface area contributed by atoms with Gasteiger partial charge in [0.2, 0.25) is 0 Å². The minimum Gasteiger partial charge on any atom is -0.350 e. The van der Waals surface area contributed by atoms with Gasteiger partial charge >= 0.3 is 0 Å². The maximum atomic E-state index is 5.66. The maximum absolute atomic E-state index is 5.66. The van der Waals surface area contributed by atoms with E-state index < -0.39 is 0 Å². The summed E-state index contributed by atoms with van der Waals surface area (Å²) in [5.41, 5.74) is 0. The largest absolute Gasteiger partial charge is 0.350 e. The van der Waals surface area contributed by atoms with Gasteiger partial charge in [0.15, 0.2) is 11.6 Å². The Bertz CT molecular complexity index is 321. The van der Waals surface area contributed by atoms with E-state index in [1.165, 1.54) is 25.7 Å².